The number of nitrogens with two attached hydrogens (primary N) is 2. The first-order chi connectivity index (χ1) is 14.1. The number of rotatable bonds is 4. The molecule has 0 unspecified atom stereocenters. The Balaban J connectivity index is 1.72. The smallest absolute Gasteiger partial charge is 0.231 e. The average molecular weight is 423 g/mol. The number of halogens is 1. The van der Waals surface area contributed by atoms with Crippen LogP contribution < -0.4 is 16.2 Å². The Hall–Kier alpha value is -3.28. The molecule has 0 amide bonds. The third-order valence-corrected chi connectivity index (χ3v) is 5.69. The molecule has 4 N–H and O–H groups in total. The van der Waals surface area contributed by atoms with Crippen molar-refractivity contribution in [1.82, 2.24) is 15.0 Å². The number of fused-ring (bicyclic) bond motifs is 1. The minimum absolute atomic E-state index is 0.00555. The van der Waals surface area contributed by atoms with Gasteiger partial charge in [0, 0.05) is 23.2 Å². The van der Waals surface area contributed by atoms with Gasteiger partial charge in [0.25, 0.3) is 0 Å². The van der Waals surface area contributed by atoms with E-state index in [4.69, 9.17) is 27.8 Å². The zero-order chi connectivity index (χ0) is 20.4. The van der Waals surface area contributed by atoms with Crippen LogP contribution in [0.5, 0.6) is 5.88 Å². The van der Waals surface area contributed by atoms with Gasteiger partial charge in [0.05, 0.1) is 11.5 Å². The second-order valence-corrected chi connectivity index (χ2v) is 7.55. The van der Waals surface area contributed by atoms with Crippen LogP contribution in [-0.2, 0) is 5.75 Å². The summed E-state index contributed by atoms with van der Waals surface area (Å²) in [5.41, 5.74) is 14.7. The van der Waals surface area contributed by atoms with E-state index >= 15 is 0 Å². The van der Waals surface area contributed by atoms with Gasteiger partial charge in [-0.25, -0.2) is 4.98 Å². The van der Waals surface area contributed by atoms with E-state index in [1.54, 1.807) is 18.5 Å². The molecule has 1 atom stereocenters. The molecule has 3 heterocycles. The number of pyridine rings is 1. The molecule has 0 bridgehead atoms. The predicted molar refractivity (Wildman–Crippen MR) is 111 cm³/mol. The van der Waals surface area contributed by atoms with Crippen molar-refractivity contribution in [2.75, 3.05) is 5.73 Å². The SMILES string of the molecule is N#CC1=C(N)Oc2nc(SCc3ccccc3Cl)nc(N)c2[C@@H]1c1cccnc1. The minimum atomic E-state index is -0.542. The van der Waals surface area contributed by atoms with Crippen molar-refractivity contribution in [3.05, 3.63) is 82.0 Å². The number of allylic oxidation sites excluding steroid dienone is 1. The van der Waals surface area contributed by atoms with E-state index in [2.05, 4.69) is 21.0 Å². The summed E-state index contributed by atoms with van der Waals surface area (Å²) >= 11 is 7.59. The number of benzene rings is 1. The van der Waals surface area contributed by atoms with Crippen molar-refractivity contribution in [1.29, 1.82) is 5.26 Å². The molecule has 3 aromatic rings. The molecule has 7 nitrogen and oxygen atoms in total. The largest absolute Gasteiger partial charge is 0.422 e. The van der Waals surface area contributed by atoms with Gasteiger partial charge >= 0.3 is 0 Å². The van der Waals surface area contributed by atoms with E-state index in [-0.39, 0.29) is 23.2 Å². The maximum atomic E-state index is 9.61. The lowest BCUT2D eigenvalue weighted by atomic mass is 9.85. The second kappa shape index (κ2) is 7.99. The lowest BCUT2D eigenvalue weighted by molar-refractivity contribution is 0.372. The first-order valence-electron chi connectivity index (χ1n) is 8.59. The fourth-order valence-corrected chi connectivity index (χ4v) is 4.19. The lowest BCUT2D eigenvalue weighted by Gasteiger charge is -2.26. The molecule has 9 heteroatoms. The van der Waals surface area contributed by atoms with Crippen molar-refractivity contribution < 1.29 is 4.74 Å². The molecule has 2 aromatic heterocycles. The number of anilines is 1. The summed E-state index contributed by atoms with van der Waals surface area (Å²) < 4.78 is 5.63. The highest BCUT2D eigenvalue weighted by atomic mass is 35.5. The van der Waals surface area contributed by atoms with Crippen molar-refractivity contribution in [2.24, 2.45) is 5.73 Å². The normalized spacial score (nSPS) is 15.4. The number of hydrogen-bond acceptors (Lipinski definition) is 8. The van der Waals surface area contributed by atoms with E-state index in [0.29, 0.717) is 21.5 Å². The Labute approximate surface area is 176 Å². The highest BCUT2D eigenvalue weighted by molar-refractivity contribution is 7.98. The van der Waals surface area contributed by atoms with E-state index < -0.39 is 5.92 Å². The summed E-state index contributed by atoms with van der Waals surface area (Å²) in [5.74, 6) is 0.489. The van der Waals surface area contributed by atoms with E-state index in [1.165, 1.54) is 11.8 Å². The van der Waals surface area contributed by atoms with Crippen LogP contribution in [0.3, 0.4) is 0 Å². The van der Waals surface area contributed by atoms with Gasteiger partial charge in [-0.05, 0) is 23.3 Å². The standard InChI is InChI=1S/C20H15ClN6OS/c21-14-6-2-1-4-12(14)10-29-20-26-17(23)16-15(11-5-3-7-25-9-11)13(8-22)18(24)28-19(16)27-20/h1-7,9,15H,10,24H2,(H2,23,26,27)/t15-/m1/s1. The molecule has 4 rings (SSSR count). The van der Waals surface area contributed by atoms with Gasteiger partial charge in [-0.1, -0.05) is 47.6 Å². The van der Waals surface area contributed by atoms with Crippen molar-refractivity contribution in [3.63, 3.8) is 0 Å². The van der Waals surface area contributed by atoms with Crippen molar-refractivity contribution >= 4 is 29.2 Å². The quantitative estimate of drug-likeness (QED) is 0.482. The summed E-state index contributed by atoms with van der Waals surface area (Å²) in [6.45, 7) is 0. The summed E-state index contributed by atoms with van der Waals surface area (Å²) in [4.78, 5) is 13.0. The number of nitrogen functional groups attached to an aromatic ring is 1. The number of aromatic nitrogens is 3. The monoisotopic (exact) mass is 422 g/mol. The number of hydrogen-bond donors (Lipinski definition) is 2. The molecule has 0 aliphatic carbocycles. The Morgan fingerprint density at radius 1 is 1.17 bits per heavy atom. The highest BCUT2D eigenvalue weighted by Crippen LogP contribution is 2.44. The van der Waals surface area contributed by atoms with Crippen LogP contribution >= 0.6 is 23.4 Å². The van der Waals surface area contributed by atoms with Crippen LogP contribution in [0.25, 0.3) is 0 Å². The van der Waals surface area contributed by atoms with Crippen LogP contribution in [0.15, 0.2) is 65.4 Å². The summed E-state index contributed by atoms with van der Waals surface area (Å²) in [7, 11) is 0. The Kier molecular flexibility index (Phi) is 5.25. The van der Waals surface area contributed by atoms with Gasteiger partial charge in [-0.15, -0.1) is 0 Å². The molecule has 144 valence electrons. The lowest BCUT2D eigenvalue weighted by Crippen LogP contribution is -2.23. The maximum Gasteiger partial charge on any atom is 0.231 e. The zero-order valence-corrected chi connectivity index (χ0v) is 16.6. The van der Waals surface area contributed by atoms with Gasteiger partial charge in [0.1, 0.15) is 17.5 Å². The molecule has 0 saturated heterocycles. The highest BCUT2D eigenvalue weighted by Gasteiger charge is 2.34. The molecule has 0 saturated carbocycles. The molecular formula is C20H15ClN6OS. The van der Waals surface area contributed by atoms with Crippen LogP contribution in [0.1, 0.15) is 22.6 Å². The fraction of sp³-hybridized carbons (Fsp3) is 0.100. The number of nitriles is 1. The van der Waals surface area contributed by atoms with Gasteiger partial charge in [-0.3, -0.25) is 4.98 Å². The summed E-state index contributed by atoms with van der Waals surface area (Å²) in [6, 6.07) is 13.3. The Bertz CT molecular complexity index is 1150. The van der Waals surface area contributed by atoms with E-state index in [9.17, 15) is 5.26 Å². The topological polar surface area (TPSA) is 124 Å². The fourth-order valence-electron chi connectivity index (χ4n) is 3.06. The second-order valence-electron chi connectivity index (χ2n) is 6.20. The van der Waals surface area contributed by atoms with Gasteiger partial charge in [0.15, 0.2) is 5.16 Å². The third-order valence-electron chi connectivity index (χ3n) is 4.42. The average Bonchev–Trinajstić information content (AvgIpc) is 2.72. The molecule has 1 aromatic carbocycles. The molecular weight excluding hydrogens is 408 g/mol. The minimum Gasteiger partial charge on any atom is -0.422 e. The molecule has 0 fully saturated rings. The first kappa shape index (κ1) is 19.1. The van der Waals surface area contributed by atoms with Crippen molar-refractivity contribution in [3.8, 4) is 11.9 Å². The predicted octanol–water partition coefficient (Wildman–Crippen LogP) is 3.62. The Morgan fingerprint density at radius 3 is 2.72 bits per heavy atom. The summed E-state index contributed by atoms with van der Waals surface area (Å²) in [6.07, 6.45) is 3.31. The first-order valence-corrected chi connectivity index (χ1v) is 9.96. The van der Waals surface area contributed by atoms with Crippen molar-refractivity contribution in [2.45, 2.75) is 16.8 Å². The van der Waals surface area contributed by atoms with Crippen LogP contribution in [0, 0.1) is 11.3 Å². The Morgan fingerprint density at radius 2 is 2.00 bits per heavy atom. The molecule has 0 radical (unpaired) electrons. The number of ether oxygens (including phenoxy) is 1. The van der Waals surface area contributed by atoms with Gasteiger partial charge in [0.2, 0.25) is 11.8 Å². The number of nitrogens with zero attached hydrogens (tertiary/aromatic N) is 4. The van der Waals surface area contributed by atoms with Crippen LogP contribution in [0.2, 0.25) is 5.02 Å². The molecule has 0 spiro atoms. The van der Waals surface area contributed by atoms with E-state index in [1.807, 2.05) is 30.3 Å². The van der Waals surface area contributed by atoms with Gasteiger partial charge in [-0.2, -0.15) is 10.2 Å². The molecule has 1 aliphatic rings. The summed E-state index contributed by atoms with van der Waals surface area (Å²) in [5, 5.41) is 10.7. The van der Waals surface area contributed by atoms with E-state index in [0.717, 1.165) is 11.1 Å². The van der Waals surface area contributed by atoms with Crippen LogP contribution in [0.4, 0.5) is 5.82 Å². The zero-order valence-electron chi connectivity index (χ0n) is 15.0. The van der Waals surface area contributed by atoms with Gasteiger partial charge < -0.3 is 16.2 Å². The maximum absolute atomic E-state index is 9.61. The third kappa shape index (κ3) is 3.70. The van der Waals surface area contributed by atoms with Crippen LogP contribution in [-0.4, -0.2) is 15.0 Å². The number of thioether (sulfide) groups is 1. The molecule has 1 aliphatic heterocycles. The molecule has 29 heavy (non-hydrogen) atoms.